The molecule has 4 fully saturated rings. The van der Waals surface area contributed by atoms with E-state index >= 15 is 0 Å². The molecule has 0 saturated heterocycles. The van der Waals surface area contributed by atoms with E-state index in [-0.39, 0.29) is 35.4 Å². The minimum atomic E-state index is -1.44. The molecule has 0 aliphatic heterocycles. The second-order valence-electron chi connectivity index (χ2n) is 10.3. The number of hydrogen-bond donors (Lipinski definition) is 1. The molecule has 1 spiro atoms. The first-order chi connectivity index (χ1) is 14.5. The number of aliphatic hydroxyl groups is 1. The highest BCUT2D eigenvalue weighted by Gasteiger charge is 2.78. The van der Waals surface area contributed by atoms with Gasteiger partial charge in [-0.3, -0.25) is 19.2 Å². The van der Waals surface area contributed by atoms with Gasteiger partial charge in [-0.25, -0.2) is 0 Å². The van der Waals surface area contributed by atoms with E-state index < -0.39 is 52.9 Å². The van der Waals surface area contributed by atoms with Crippen LogP contribution in [0.15, 0.2) is 12.2 Å². The first-order valence-corrected chi connectivity index (χ1v) is 11.2. The zero-order chi connectivity index (χ0) is 22.9. The highest BCUT2D eigenvalue weighted by Crippen LogP contribution is 2.69. The number of rotatable bonds is 3. The lowest BCUT2D eigenvalue weighted by atomic mass is 9.41. The topological polar surface area (TPSA) is 107 Å². The molecule has 0 heterocycles. The normalized spacial score (nSPS) is 44.9. The quantitative estimate of drug-likeness (QED) is 0.539. The Balaban J connectivity index is 1.95. The highest BCUT2D eigenvalue weighted by molar-refractivity contribution is 6.10. The van der Waals surface area contributed by atoms with Crippen LogP contribution in [0.3, 0.4) is 0 Å². The molecule has 0 aromatic rings. The fourth-order valence-electron chi connectivity index (χ4n) is 7.75. The Bertz CT molecular complexity index is 860. The van der Waals surface area contributed by atoms with Gasteiger partial charge in [-0.05, 0) is 49.0 Å². The van der Waals surface area contributed by atoms with E-state index in [9.17, 15) is 24.3 Å². The van der Waals surface area contributed by atoms with E-state index in [2.05, 4.69) is 6.58 Å². The van der Waals surface area contributed by atoms with Crippen molar-refractivity contribution < 1.29 is 33.8 Å². The van der Waals surface area contributed by atoms with Crippen molar-refractivity contribution in [2.75, 3.05) is 0 Å². The minimum absolute atomic E-state index is 0.0593. The van der Waals surface area contributed by atoms with Crippen LogP contribution in [0, 0.1) is 34.5 Å². The molecule has 6 unspecified atom stereocenters. The van der Waals surface area contributed by atoms with Gasteiger partial charge in [-0.1, -0.05) is 19.9 Å². The molecular weight excluding hydrogens is 400 g/mol. The Hall–Kier alpha value is -2.02. The highest BCUT2D eigenvalue weighted by atomic mass is 16.6. The summed E-state index contributed by atoms with van der Waals surface area (Å²) in [5.41, 5.74) is -1.73. The summed E-state index contributed by atoms with van der Waals surface area (Å²) in [5.74, 6) is -2.96. The van der Waals surface area contributed by atoms with Crippen LogP contribution in [-0.2, 0) is 28.7 Å². The fourth-order valence-corrected chi connectivity index (χ4v) is 7.75. The van der Waals surface area contributed by atoms with E-state index in [1.807, 2.05) is 6.92 Å². The van der Waals surface area contributed by atoms with Gasteiger partial charge in [0.2, 0.25) is 0 Å². The molecule has 0 aromatic heterocycles. The number of ether oxygens (including phenoxy) is 2. The standard InChI is InChI=1S/C24H32O7/c1-11-16-9-18(28)20-23(5)8-6-7-15(12(2)25)17(23)10-19(30-13(3)26)24(20,21(11)29)22(16)31-14(4)27/h12,15-17,19-20,22,25H,1,6-10H2,2-5H3/t12?,15-,16?,17?,19-,20?,22?,23-,24?/m1/s1. The summed E-state index contributed by atoms with van der Waals surface area (Å²) in [5, 5.41) is 10.5. The Kier molecular flexibility index (Phi) is 5.19. The van der Waals surface area contributed by atoms with Crippen LogP contribution in [0.1, 0.15) is 59.8 Å². The van der Waals surface area contributed by atoms with Crippen molar-refractivity contribution in [1.82, 2.24) is 0 Å². The molecule has 7 heteroatoms. The zero-order valence-electron chi connectivity index (χ0n) is 18.7. The van der Waals surface area contributed by atoms with Crippen molar-refractivity contribution in [2.45, 2.75) is 78.1 Å². The monoisotopic (exact) mass is 432 g/mol. The molecule has 4 aliphatic carbocycles. The average Bonchev–Trinajstić information content (AvgIpc) is 2.78. The Morgan fingerprint density at radius 1 is 1.19 bits per heavy atom. The number of Topliss-reactive ketones (excluding diaryl/α,β-unsaturated/α-hetero) is 2. The van der Waals surface area contributed by atoms with E-state index in [0.717, 1.165) is 19.3 Å². The second-order valence-corrected chi connectivity index (χ2v) is 10.3. The fraction of sp³-hybridized carbons (Fsp3) is 0.750. The lowest BCUT2D eigenvalue weighted by molar-refractivity contribution is -0.230. The first-order valence-electron chi connectivity index (χ1n) is 11.2. The molecular formula is C24H32O7. The maximum absolute atomic E-state index is 13.8. The van der Waals surface area contributed by atoms with Crippen LogP contribution in [0.2, 0.25) is 0 Å². The van der Waals surface area contributed by atoms with Gasteiger partial charge in [0.1, 0.15) is 23.4 Å². The van der Waals surface area contributed by atoms with Gasteiger partial charge in [-0.15, -0.1) is 0 Å². The molecule has 0 amide bonds. The Labute approximate surface area is 182 Å². The summed E-state index contributed by atoms with van der Waals surface area (Å²) in [6.07, 6.45) is 0.441. The summed E-state index contributed by atoms with van der Waals surface area (Å²) in [6, 6.07) is 0. The lowest BCUT2D eigenvalue weighted by Gasteiger charge is -2.63. The van der Waals surface area contributed by atoms with Gasteiger partial charge in [0, 0.05) is 32.1 Å². The van der Waals surface area contributed by atoms with Crippen molar-refractivity contribution in [3.05, 3.63) is 12.2 Å². The van der Waals surface area contributed by atoms with Gasteiger partial charge in [-0.2, -0.15) is 0 Å². The molecule has 0 radical (unpaired) electrons. The number of aliphatic hydroxyl groups excluding tert-OH is 1. The van der Waals surface area contributed by atoms with E-state index in [0.29, 0.717) is 6.42 Å². The molecule has 4 aliphatic rings. The number of carbonyl (C=O) groups excluding carboxylic acids is 4. The first kappa shape index (κ1) is 22.2. The number of fused-ring (bicyclic) bond motifs is 3. The predicted octanol–water partition coefficient (Wildman–Crippen LogP) is 2.39. The van der Waals surface area contributed by atoms with Crippen molar-refractivity contribution in [1.29, 1.82) is 0 Å². The smallest absolute Gasteiger partial charge is 0.302 e. The third-order valence-corrected chi connectivity index (χ3v) is 8.69. The Morgan fingerprint density at radius 2 is 1.84 bits per heavy atom. The van der Waals surface area contributed by atoms with E-state index in [1.54, 1.807) is 6.92 Å². The molecule has 1 N–H and O–H groups in total. The van der Waals surface area contributed by atoms with Crippen LogP contribution < -0.4 is 0 Å². The summed E-state index contributed by atoms with van der Waals surface area (Å²) in [4.78, 5) is 51.6. The predicted molar refractivity (Wildman–Crippen MR) is 110 cm³/mol. The summed E-state index contributed by atoms with van der Waals surface area (Å²) < 4.78 is 11.5. The van der Waals surface area contributed by atoms with Gasteiger partial charge >= 0.3 is 11.9 Å². The van der Waals surface area contributed by atoms with Crippen molar-refractivity contribution in [2.24, 2.45) is 34.5 Å². The molecule has 0 aromatic carbocycles. The lowest BCUT2D eigenvalue weighted by Crippen LogP contribution is -2.70. The van der Waals surface area contributed by atoms with E-state index in [1.165, 1.54) is 13.8 Å². The third-order valence-electron chi connectivity index (χ3n) is 8.69. The molecule has 7 nitrogen and oxygen atoms in total. The van der Waals surface area contributed by atoms with E-state index in [4.69, 9.17) is 9.47 Å². The maximum Gasteiger partial charge on any atom is 0.302 e. The van der Waals surface area contributed by atoms with Crippen LogP contribution in [-0.4, -0.2) is 46.9 Å². The van der Waals surface area contributed by atoms with Gasteiger partial charge < -0.3 is 14.6 Å². The summed E-state index contributed by atoms with van der Waals surface area (Å²) >= 11 is 0. The van der Waals surface area contributed by atoms with Gasteiger partial charge in [0.25, 0.3) is 0 Å². The van der Waals surface area contributed by atoms with Crippen LogP contribution in [0.25, 0.3) is 0 Å². The molecule has 170 valence electrons. The molecule has 4 rings (SSSR count). The number of hydrogen-bond acceptors (Lipinski definition) is 7. The largest absolute Gasteiger partial charge is 0.461 e. The zero-order valence-corrected chi connectivity index (χ0v) is 18.7. The minimum Gasteiger partial charge on any atom is -0.461 e. The number of carbonyl (C=O) groups is 4. The SMILES string of the molecule is C=C1C(=O)C23C(OC(C)=O)C1CC(=O)C2[C@]1(C)CCC[C@H](C(C)O)C1C[C@H]3OC(C)=O. The Morgan fingerprint density at radius 3 is 2.42 bits per heavy atom. The summed E-state index contributed by atoms with van der Waals surface area (Å²) in [7, 11) is 0. The molecule has 31 heavy (non-hydrogen) atoms. The third kappa shape index (κ3) is 2.88. The average molecular weight is 433 g/mol. The van der Waals surface area contributed by atoms with Crippen LogP contribution in [0.4, 0.5) is 0 Å². The molecule has 9 atom stereocenters. The van der Waals surface area contributed by atoms with Gasteiger partial charge in [0.15, 0.2) is 5.78 Å². The molecule has 2 bridgehead atoms. The van der Waals surface area contributed by atoms with Crippen molar-refractivity contribution in [3.63, 3.8) is 0 Å². The second kappa shape index (κ2) is 7.26. The van der Waals surface area contributed by atoms with Crippen molar-refractivity contribution in [3.8, 4) is 0 Å². The van der Waals surface area contributed by atoms with Crippen LogP contribution >= 0.6 is 0 Å². The summed E-state index contributed by atoms with van der Waals surface area (Å²) in [6.45, 7) is 10.3. The van der Waals surface area contributed by atoms with Gasteiger partial charge in [0.05, 0.1) is 6.10 Å². The van der Waals surface area contributed by atoms with Crippen molar-refractivity contribution >= 4 is 23.5 Å². The number of ketones is 2. The van der Waals surface area contributed by atoms with Crippen LogP contribution in [0.5, 0.6) is 0 Å². The maximum atomic E-state index is 13.8. The number of esters is 2. The molecule has 4 saturated carbocycles.